The molecule has 0 saturated heterocycles. The maximum absolute atomic E-state index is 11.7. The van der Waals surface area contributed by atoms with E-state index in [1.54, 1.807) is 6.92 Å². The zero-order valence-corrected chi connectivity index (χ0v) is 8.91. The van der Waals surface area contributed by atoms with Crippen LogP contribution < -0.4 is 0 Å². The minimum Gasteiger partial charge on any atom is -0.290 e. The van der Waals surface area contributed by atoms with Crippen molar-refractivity contribution in [3.63, 3.8) is 0 Å². The van der Waals surface area contributed by atoms with Gasteiger partial charge in [-0.25, -0.2) is 4.98 Å². The molecule has 3 nitrogen and oxygen atoms in total. The molecule has 15 heavy (non-hydrogen) atoms. The van der Waals surface area contributed by atoms with Gasteiger partial charge in [-0.3, -0.25) is 4.79 Å². The molecular weight excluding hydrogens is 208 g/mol. The maximum atomic E-state index is 11.7. The number of fused-ring (bicyclic) bond motifs is 1. The van der Waals surface area contributed by atoms with Crippen molar-refractivity contribution in [3.8, 4) is 6.07 Å². The number of thiazole rings is 1. The van der Waals surface area contributed by atoms with Gasteiger partial charge in [-0.2, -0.15) is 5.26 Å². The van der Waals surface area contributed by atoms with E-state index in [2.05, 4.69) is 4.98 Å². The smallest absolute Gasteiger partial charge is 0.208 e. The van der Waals surface area contributed by atoms with Gasteiger partial charge in [0.05, 0.1) is 16.3 Å². The van der Waals surface area contributed by atoms with Gasteiger partial charge in [-0.05, 0) is 19.1 Å². The molecule has 0 saturated carbocycles. The molecule has 0 fully saturated rings. The van der Waals surface area contributed by atoms with Gasteiger partial charge in [0, 0.05) is 0 Å². The van der Waals surface area contributed by atoms with E-state index in [4.69, 9.17) is 5.26 Å². The highest BCUT2D eigenvalue weighted by molar-refractivity contribution is 7.20. The Morgan fingerprint density at radius 2 is 2.27 bits per heavy atom. The van der Waals surface area contributed by atoms with Crippen molar-refractivity contribution < 1.29 is 4.79 Å². The molecule has 0 aliphatic carbocycles. The Kier molecular flexibility index (Phi) is 2.48. The van der Waals surface area contributed by atoms with Gasteiger partial charge >= 0.3 is 0 Å². The molecule has 0 amide bonds. The third-order valence-electron chi connectivity index (χ3n) is 2.09. The first-order chi connectivity index (χ1) is 7.22. The largest absolute Gasteiger partial charge is 0.290 e. The van der Waals surface area contributed by atoms with Crippen LogP contribution in [-0.4, -0.2) is 10.8 Å². The maximum Gasteiger partial charge on any atom is 0.208 e. The van der Waals surface area contributed by atoms with E-state index in [-0.39, 0.29) is 5.78 Å². The number of hydrogen-bond acceptors (Lipinski definition) is 4. The number of ketones is 1. The molecule has 1 atom stereocenters. The first-order valence-corrected chi connectivity index (χ1v) is 5.33. The summed E-state index contributed by atoms with van der Waals surface area (Å²) in [6, 6.07) is 9.49. The standard InChI is InChI=1S/C11H8N2OS/c1-7(6-12)10(14)11-13-8-4-2-3-5-9(8)15-11/h2-5,7H,1H3/t7-/m0/s1. The van der Waals surface area contributed by atoms with Crippen LogP contribution in [0, 0.1) is 17.2 Å². The summed E-state index contributed by atoms with van der Waals surface area (Å²) < 4.78 is 0.978. The summed E-state index contributed by atoms with van der Waals surface area (Å²) in [4.78, 5) is 15.9. The number of benzene rings is 1. The minimum atomic E-state index is -0.620. The van der Waals surface area contributed by atoms with Crippen molar-refractivity contribution in [1.82, 2.24) is 4.98 Å². The highest BCUT2D eigenvalue weighted by Crippen LogP contribution is 2.23. The van der Waals surface area contributed by atoms with Gasteiger partial charge in [0.15, 0.2) is 5.01 Å². The van der Waals surface area contributed by atoms with Crippen molar-refractivity contribution in [1.29, 1.82) is 5.26 Å². The Labute approximate surface area is 91.0 Å². The lowest BCUT2D eigenvalue weighted by Crippen LogP contribution is -2.08. The molecule has 0 radical (unpaired) electrons. The summed E-state index contributed by atoms with van der Waals surface area (Å²) in [5, 5.41) is 9.07. The number of hydrogen-bond donors (Lipinski definition) is 0. The Morgan fingerprint density at radius 3 is 2.93 bits per heavy atom. The summed E-state index contributed by atoms with van der Waals surface area (Å²) in [5.41, 5.74) is 0.816. The highest BCUT2D eigenvalue weighted by Gasteiger charge is 2.18. The van der Waals surface area contributed by atoms with Gasteiger partial charge in [0.2, 0.25) is 5.78 Å². The number of carbonyl (C=O) groups excluding carboxylic acids is 1. The Morgan fingerprint density at radius 1 is 1.53 bits per heavy atom. The molecule has 0 spiro atoms. The van der Waals surface area contributed by atoms with Crippen molar-refractivity contribution in [3.05, 3.63) is 29.3 Å². The van der Waals surface area contributed by atoms with E-state index >= 15 is 0 Å². The molecule has 74 valence electrons. The number of para-hydroxylation sites is 1. The van der Waals surface area contributed by atoms with Crippen LogP contribution in [0.2, 0.25) is 0 Å². The number of rotatable bonds is 2. The van der Waals surface area contributed by atoms with Gasteiger partial charge in [0.1, 0.15) is 5.92 Å². The molecule has 0 N–H and O–H groups in total. The predicted octanol–water partition coefficient (Wildman–Crippen LogP) is 2.64. The molecular formula is C11H8N2OS. The zero-order chi connectivity index (χ0) is 10.8. The quantitative estimate of drug-likeness (QED) is 0.725. The lowest BCUT2D eigenvalue weighted by Gasteiger charge is -1.94. The molecule has 2 aromatic rings. The van der Waals surface area contributed by atoms with Crippen LogP contribution in [0.4, 0.5) is 0 Å². The summed E-state index contributed by atoms with van der Waals surface area (Å²) in [7, 11) is 0. The Bertz CT molecular complexity index is 520. The molecule has 1 heterocycles. The molecule has 0 aliphatic rings. The van der Waals surface area contributed by atoms with Gasteiger partial charge in [-0.1, -0.05) is 12.1 Å². The fourth-order valence-corrected chi connectivity index (χ4v) is 2.22. The normalized spacial score (nSPS) is 12.3. The number of carbonyl (C=O) groups is 1. The SMILES string of the molecule is C[C@@H](C#N)C(=O)c1nc2ccccc2s1. The van der Waals surface area contributed by atoms with Crippen LogP contribution in [-0.2, 0) is 0 Å². The van der Waals surface area contributed by atoms with Crippen molar-refractivity contribution in [2.45, 2.75) is 6.92 Å². The van der Waals surface area contributed by atoms with E-state index in [9.17, 15) is 4.79 Å². The second-order valence-electron chi connectivity index (χ2n) is 3.20. The monoisotopic (exact) mass is 216 g/mol. The molecule has 0 bridgehead atoms. The molecule has 1 aromatic heterocycles. The second-order valence-corrected chi connectivity index (χ2v) is 4.23. The van der Waals surface area contributed by atoms with Crippen LogP contribution in [0.1, 0.15) is 16.7 Å². The van der Waals surface area contributed by atoms with E-state index in [0.29, 0.717) is 5.01 Å². The van der Waals surface area contributed by atoms with Crippen LogP contribution in [0.5, 0.6) is 0 Å². The number of aromatic nitrogens is 1. The van der Waals surface area contributed by atoms with Crippen LogP contribution in [0.3, 0.4) is 0 Å². The fourth-order valence-electron chi connectivity index (χ4n) is 1.22. The first-order valence-electron chi connectivity index (χ1n) is 4.52. The van der Waals surface area contributed by atoms with E-state index in [1.165, 1.54) is 11.3 Å². The summed E-state index contributed by atoms with van der Waals surface area (Å²) >= 11 is 1.34. The average Bonchev–Trinajstić information content (AvgIpc) is 2.70. The summed E-state index contributed by atoms with van der Waals surface area (Å²) in [6.07, 6.45) is 0. The van der Waals surface area contributed by atoms with E-state index in [0.717, 1.165) is 10.2 Å². The second kappa shape index (κ2) is 3.79. The lowest BCUT2D eigenvalue weighted by atomic mass is 10.1. The van der Waals surface area contributed by atoms with Crippen LogP contribution in [0.25, 0.3) is 10.2 Å². The van der Waals surface area contributed by atoms with Crippen molar-refractivity contribution in [2.75, 3.05) is 0 Å². The van der Waals surface area contributed by atoms with Gasteiger partial charge in [0.25, 0.3) is 0 Å². The third kappa shape index (κ3) is 1.74. The Hall–Kier alpha value is -1.73. The molecule has 4 heteroatoms. The first kappa shape index (κ1) is 9.81. The Balaban J connectivity index is 2.46. The number of Topliss-reactive ketones (excluding diaryl/α,β-unsaturated/α-hetero) is 1. The predicted molar refractivity (Wildman–Crippen MR) is 58.7 cm³/mol. The van der Waals surface area contributed by atoms with Gasteiger partial charge in [-0.15, -0.1) is 11.3 Å². The minimum absolute atomic E-state index is 0.196. The van der Waals surface area contributed by atoms with Crippen molar-refractivity contribution >= 4 is 27.3 Å². The average molecular weight is 216 g/mol. The molecule has 0 aliphatic heterocycles. The highest BCUT2D eigenvalue weighted by atomic mass is 32.1. The van der Waals surface area contributed by atoms with Gasteiger partial charge < -0.3 is 0 Å². The summed E-state index contributed by atoms with van der Waals surface area (Å²) in [5.74, 6) is -0.815. The lowest BCUT2D eigenvalue weighted by molar-refractivity contribution is 0.0956. The molecule has 1 aromatic carbocycles. The topological polar surface area (TPSA) is 53.8 Å². The fraction of sp³-hybridized carbons (Fsp3) is 0.182. The third-order valence-corrected chi connectivity index (χ3v) is 3.14. The van der Waals surface area contributed by atoms with Crippen LogP contribution in [0.15, 0.2) is 24.3 Å². The van der Waals surface area contributed by atoms with Crippen molar-refractivity contribution in [2.24, 2.45) is 5.92 Å². The molecule has 2 rings (SSSR count). The zero-order valence-electron chi connectivity index (χ0n) is 8.10. The van der Waals surface area contributed by atoms with E-state index < -0.39 is 5.92 Å². The number of nitriles is 1. The summed E-state index contributed by atoms with van der Waals surface area (Å²) in [6.45, 7) is 1.59. The molecule has 0 unspecified atom stereocenters. The van der Waals surface area contributed by atoms with Crippen LogP contribution >= 0.6 is 11.3 Å². The van der Waals surface area contributed by atoms with E-state index in [1.807, 2.05) is 30.3 Å². The number of nitrogens with zero attached hydrogens (tertiary/aromatic N) is 2.